The van der Waals surface area contributed by atoms with E-state index in [1.165, 1.54) is 6.08 Å². The van der Waals surface area contributed by atoms with Gasteiger partial charge in [-0.2, -0.15) is 0 Å². The van der Waals surface area contributed by atoms with Gasteiger partial charge >= 0.3 is 0 Å². The van der Waals surface area contributed by atoms with Gasteiger partial charge < -0.3 is 15.7 Å². The van der Waals surface area contributed by atoms with Crippen LogP contribution in [0.3, 0.4) is 0 Å². The Morgan fingerprint density at radius 1 is 1.67 bits per heavy atom. The van der Waals surface area contributed by atoms with E-state index in [2.05, 4.69) is 17.2 Å². The number of amides is 1. The predicted octanol–water partition coefficient (Wildman–Crippen LogP) is -0.741. The summed E-state index contributed by atoms with van der Waals surface area (Å²) in [6.07, 6.45) is 0.884. The van der Waals surface area contributed by atoms with Crippen LogP contribution in [0.4, 0.5) is 0 Å². The van der Waals surface area contributed by atoms with Gasteiger partial charge in [0, 0.05) is 19.6 Å². The molecule has 0 bridgehead atoms. The smallest absolute Gasteiger partial charge is 0.243 e. The molecule has 3 N–H and O–H groups in total. The van der Waals surface area contributed by atoms with E-state index < -0.39 is 0 Å². The molecule has 0 spiro atoms. The van der Waals surface area contributed by atoms with Crippen molar-refractivity contribution in [3.63, 3.8) is 0 Å². The Morgan fingerprint density at radius 2 is 2.33 bits per heavy atom. The van der Waals surface area contributed by atoms with Crippen LogP contribution in [0.5, 0.6) is 0 Å². The van der Waals surface area contributed by atoms with Crippen molar-refractivity contribution in [3.05, 3.63) is 12.7 Å². The van der Waals surface area contributed by atoms with E-state index in [4.69, 9.17) is 5.11 Å². The third-order valence-electron chi connectivity index (χ3n) is 1.23. The van der Waals surface area contributed by atoms with Gasteiger partial charge in [0.15, 0.2) is 0 Å². The molecule has 0 aromatic carbocycles. The van der Waals surface area contributed by atoms with Crippen LogP contribution in [0.15, 0.2) is 12.7 Å². The van der Waals surface area contributed by atoms with Crippen molar-refractivity contribution in [1.29, 1.82) is 0 Å². The summed E-state index contributed by atoms with van der Waals surface area (Å²) < 4.78 is 0. The molecule has 0 heterocycles. The van der Waals surface area contributed by atoms with Gasteiger partial charge in [-0.15, -0.1) is 0 Å². The molecular weight excluding hydrogens is 156 g/mol. The molecule has 0 saturated carbocycles. The van der Waals surface area contributed by atoms with E-state index in [1.54, 1.807) is 6.92 Å². The van der Waals surface area contributed by atoms with Crippen molar-refractivity contribution in [2.24, 2.45) is 0 Å². The van der Waals surface area contributed by atoms with Gasteiger partial charge in [-0.1, -0.05) is 6.58 Å². The maximum absolute atomic E-state index is 10.6. The van der Waals surface area contributed by atoms with Crippen molar-refractivity contribution >= 4 is 5.91 Å². The number of aliphatic hydroxyl groups is 1. The Labute approximate surface area is 72.7 Å². The summed E-state index contributed by atoms with van der Waals surface area (Å²) in [5.74, 6) is -0.172. The van der Waals surface area contributed by atoms with Crippen LogP contribution in [-0.2, 0) is 4.79 Å². The molecule has 0 aromatic rings. The second-order valence-corrected chi connectivity index (χ2v) is 2.55. The number of aliphatic hydroxyl groups excluding tert-OH is 1. The first-order valence-corrected chi connectivity index (χ1v) is 3.96. The Kier molecular flexibility index (Phi) is 6.32. The molecule has 12 heavy (non-hydrogen) atoms. The SMILES string of the molecule is C=CC(=O)NCCNCC(C)O. The number of carbonyl (C=O) groups excluding carboxylic acids is 1. The second-order valence-electron chi connectivity index (χ2n) is 2.55. The first-order valence-electron chi connectivity index (χ1n) is 3.96. The fraction of sp³-hybridized carbons (Fsp3) is 0.625. The van der Waals surface area contributed by atoms with Crippen LogP contribution in [0.25, 0.3) is 0 Å². The van der Waals surface area contributed by atoms with Gasteiger partial charge in [0.2, 0.25) is 5.91 Å². The summed E-state index contributed by atoms with van der Waals surface area (Å²) in [5.41, 5.74) is 0. The molecule has 0 radical (unpaired) electrons. The third-order valence-corrected chi connectivity index (χ3v) is 1.23. The molecule has 0 aliphatic rings. The molecule has 1 amide bonds. The second kappa shape index (κ2) is 6.82. The van der Waals surface area contributed by atoms with Gasteiger partial charge in [0.05, 0.1) is 6.10 Å². The van der Waals surface area contributed by atoms with Crippen LogP contribution in [-0.4, -0.2) is 36.8 Å². The fourth-order valence-electron chi connectivity index (χ4n) is 0.657. The average Bonchev–Trinajstić information content (AvgIpc) is 2.03. The van der Waals surface area contributed by atoms with Crippen molar-refractivity contribution < 1.29 is 9.90 Å². The molecule has 70 valence electrons. The minimum Gasteiger partial charge on any atom is -0.392 e. The van der Waals surface area contributed by atoms with E-state index in [9.17, 15) is 4.79 Å². The maximum atomic E-state index is 10.6. The quantitative estimate of drug-likeness (QED) is 0.365. The highest BCUT2D eigenvalue weighted by atomic mass is 16.3. The molecule has 1 atom stereocenters. The zero-order valence-corrected chi connectivity index (χ0v) is 7.34. The van der Waals surface area contributed by atoms with Crippen LogP contribution in [0.2, 0.25) is 0 Å². The monoisotopic (exact) mass is 172 g/mol. The van der Waals surface area contributed by atoms with Crippen LogP contribution < -0.4 is 10.6 Å². The summed E-state index contributed by atoms with van der Waals surface area (Å²) in [6.45, 7) is 6.77. The van der Waals surface area contributed by atoms with Gasteiger partial charge in [-0.25, -0.2) is 0 Å². The fourth-order valence-corrected chi connectivity index (χ4v) is 0.657. The first kappa shape index (κ1) is 11.1. The normalized spacial score (nSPS) is 12.2. The Balaban J connectivity index is 3.11. The molecular formula is C8H16N2O2. The number of hydrogen-bond acceptors (Lipinski definition) is 3. The highest BCUT2D eigenvalue weighted by Crippen LogP contribution is 1.73. The number of nitrogens with one attached hydrogen (secondary N) is 2. The van der Waals surface area contributed by atoms with Crippen molar-refractivity contribution in [3.8, 4) is 0 Å². The maximum Gasteiger partial charge on any atom is 0.243 e. The Morgan fingerprint density at radius 3 is 2.83 bits per heavy atom. The van der Waals surface area contributed by atoms with Crippen LogP contribution in [0, 0.1) is 0 Å². The van der Waals surface area contributed by atoms with Crippen molar-refractivity contribution in [2.45, 2.75) is 13.0 Å². The van der Waals surface area contributed by atoms with E-state index in [0.29, 0.717) is 19.6 Å². The zero-order valence-electron chi connectivity index (χ0n) is 7.34. The molecule has 0 saturated heterocycles. The van der Waals surface area contributed by atoms with Crippen LogP contribution >= 0.6 is 0 Å². The van der Waals surface area contributed by atoms with Gasteiger partial charge in [0.25, 0.3) is 0 Å². The predicted molar refractivity (Wildman–Crippen MR) is 47.8 cm³/mol. The van der Waals surface area contributed by atoms with Gasteiger partial charge in [0.1, 0.15) is 0 Å². The highest BCUT2D eigenvalue weighted by molar-refractivity contribution is 5.86. The number of hydrogen-bond donors (Lipinski definition) is 3. The molecule has 0 fully saturated rings. The largest absolute Gasteiger partial charge is 0.392 e. The lowest BCUT2D eigenvalue weighted by Crippen LogP contribution is -2.33. The third kappa shape index (κ3) is 7.24. The first-order chi connectivity index (χ1) is 5.66. The number of carbonyl (C=O) groups is 1. The topological polar surface area (TPSA) is 61.4 Å². The highest BCUT2D eigenvalue weighted by Gasteiger charge is 1.94. The average molecular weight is 172 g/mol. The summed E-state index contributed by atoms with van der Waals surface area (Å²) in [4.78, 5) is 10.6. The lowest BCUT2D eigenvalue weighted by molar-refractivity contribution is -0.116. The van der Waals surface area contributed by atoms with E-state index in [1.807, 2.05) is 0 Å². The molecule has 0 rings (SSSR count). The lowest BCUT2D eigenvalue weighted by Gasteiger charge is -2.06. The van der Waals surface area contributed by atoms with Crippen molar-refractivity contribution in [2.75, 3.05) is 19.6 Å². The summed E-state index contributed by atoms with van der Waals surface area (Å²) in [7, 11) is 0. The zero-order chi connectivity index (χ0) is 9.40. The molecule has 4 heteroatoms. The Hall–Kier alpha value is -0.870. The van der Waals surface area contributed by atoms with E-state index in [-0.39, 0.29) is 12.0 Å². The van der Waals surface area contributed by atoms with E-state index in [0.717, 1.165) is 0 Å². The molecule has 0 aromatic heterocycles. The molecule has 0 aliphatic carbocycles. The standard InChI is InChI=1S/C8H16N2O2/c1-3-8(12)10-5-4-9-6-7(2)11/h3,7,9,11H,1,4-6H2,2H3,(H,10,12). The summed E-state index contributed by atoms with van der Waals surface area (Å²) in [6, 6.07) is 0. The summed E-state index contributed by atoms with van der Waals surface area (Å²) in [5, 5.41) is 14.4. The minimum atomic E-state index is -0.347. The Bertz CT molecular complexity index is 146. The van der Waals surface area contributed by atoms with Gasteiger partial charge in [-0.3, -0.25) is 4.79 Å². The van der Waals surface area contributed by atoms with Gasteiger partial charge in [-0.05, 0) is 13.0 Å². The molecule has 0 aliphatic heterocycles. The summed E-state index contributed by atoms with van der Waals surface area (Å²) >= 11 is 0. The van der Waals surface area contributed by atoms with Crippen LogP contribution in [0.1, 0.15) is 6.92 Å². The van der Waals surface area contributed by atoms with E-state index >= 15 is 0 Å². The molecule has 1 unspecified atom stereocenters. The number of rotatable bonds is 6. The minimum absolute atomic E-state index is 0.172. The molecule has 4 nitrogen and oxygen atoms in total. The van der Waals surface area contributed by atoms with Crippen molar-refractivity contribution in [1.82, 2.24) is 10.6 Å². The lowest BCUT2D eigenvalue weighted by atomic mass is 10.4.